The molecular formula is C10H20N2O3. The normalized spacial score (nSPS) is 10.9. The fourth-order valence-electron chi connectivity index (χ4n) is 0.957. The molecule has 0 radical (unpaired) electrons. The maximum absolute atomic E-state index is 11.3. The fourth-order valence-corrected chi connectivity index (χ4v) is 0.957. The summed E-state index contributed by atoms with van der Waals surface area (Å²) in [7, 11) is 1.34. The number of esters is 1. The van der Waals surface area contributed by atoms with Gasteiger partial charge in [0, 0.05) is 12.1 Å². The number of hydrogen-bond donors (Lipinski definition) is 2. The molecule has 88 valence electrons. The molecule has 0 aliphatic carbocycles. The van der Waals surface area contributed by atoms with Crippen LogP contribution in [0.4, 0.5) is 0 Å². The van der Waals surface area contributed by atoms with Gasteiger partial charge in [-0.2, -0.15) is 0 Å². The number of methoxy groups -OCH3 is 1. The van der Waals surface area contributed by atoms with E-state index in [1.54, 1.807) is 0 Å². The summed E-state index contributed by atoms with van der Waals surface area (Å²) in [6, 6.07) is 0. The first-order chi connectivity index (χ1) is 6.85. The van der Waals surface area contributed by atoms with Gasteiger partial charge < -0.3 is 15.4 Å². The van der Waals surface area contributed by atoms with Crippen molar-refractivity contribution in [3.05, 3.63) is 0 Å². The van der Waals surface area contributed by atoms with Crippen LogP contribution in [0.25, 0.3) is 0 Å². The number of carbonyl (C=O) groups excluding carboxylic acids is 2. The smallest absolute Gasteiger partial charge is 0.306 e. The Morgan fingerprint density at radius 2 is 1.87 bits per heavy atom. The molecule has 0 aromatic heterocycles. The lowest BCUT2D eigenvalue weighted by Crippen LogP contribution is -2.45. The molecule has 0 rings (SSSR count). The number of ether oxygens (including phenoxy) is 1. The van der Waals surface area contributed by atoms with Gasteiger partial charge in [-0.05, 0) is 20.8 Å². The average Bonchev–Trinajstić information content (AvgIpc) is 2.09. The number of amides is 1. The minimum Gasteiger partial charge on any atom is -0.469 e. The van der Waals surface area contributed by atoms with Crippen LogP contribution < -0.4 is 10.6 Å². The van der Waals surface area contributed by atoms with Crippen LogP contribution in [-0.4, -0.2) is 37.6 Å². The van der Waals surface area contributed by atoms with E-state index in [2.05, 4.69) is 15.4 Å². The topological polar surface area (TPSA) is 67.4 Å². The van der Waals surface area contributed by atoms with Gasteiger partial charge in [0.05, 0.1) is 20.1 Å². The van der Waals surface area contributed by atoms with Crippen molar-refractivity contribution in [3.63, 3.8) is 0 Å². The molecule has 0 saturated heterocycles. The molecule has 2 N–H and O–H groups in total. The van der Waals surface area contributed by atoms with Gasteiger partial charge in [-0.15, -0.1) is 0 Å². The van der Waals surface area contributed by atoms with Crippen LogP contribution in [0.5, 0.6) is 0 Å². The van der Waals surface area contributed by atoms with Gasteiger partial charge in [-0.25, -0.2) is 0 Å². The first-order valence-electron chi connectivity index (χ1n) is 4.93. The molecule has 0 aromatic rings. The predicted octanol–water partition coefficient (Wildman–Crippen LogP) is 0.0538. The number of hydrogen-bond acceptors (Lipinski definition) is 4. The minimum absolute atomic E-state index is 0.0765. The third-order valence-electron chi connectivity index (χ3n) is 1.53. The summed E-state index contributed by atoms with van der Waals surface area (Å²) < 4.78 is 4.46. The minimum atomic E-state index is -0.279. The van der Waals surface area contributed by atoms with Crippen molar-refractivity contribution >= 4 is 11.9 Å². The second-order valence-corrected chi connectivity index (χ2v) is 4.30. The van der Waals surface area contributed by atoms with Crippen molar-refractivity contribution in [2.45, 2.75) is 32.7 Å². The predicted molar refractivity (Wildman–Crippen MR) is 57.4 cm³/mol. The Bertz CT molecular complexity index is 221. The Morgan fingerprint density at radius 1 is 1.27 bits per heavy atom. The van der Waals surface area contributed by atoms with Crippen LogP contribution in [0, 0.1) is 0 Å². The second-order valence-electron chi connectivity index (χ2n) is 4.30. The largest absolute Gasteiger partial charge is 0.469 e. The Balaban J connectivity index is 3.52. The quantitative estimate of drug-likeness (QED) is 0.503. The molecule has 0 aliphatic rings. The molecule has 5 nitrogen and oxygen atoms in total. The molecule has 0 bridgehead atoms. The van der Waals surface area contributed by atoms with E-state index < -0.39 is 0 Å². The van der Waals surface area contributed by atoms with Gasteiger partial charge in [-0.3, -0.25) is 9.59 Å². The summed E-state index contributed by atoms with van der Waals surface area (Å²) in [5.41, 5.74) is -0.221. The third-order valence-corrected chi connectivity index (χ3v) is 1.53. The van der Waals surface area contributed by atoms with Crippen molar-refractivity contribution in [2.75, 3.05) is 20.2 Å². The maximum atomic E-state index is 11.3. The maximum Gasteiger partial charge on any atom is 0.306 e. The van der Waals surface area contributed by atoms with Crippen LogP contribution in [0.1, 0.15) is 27.2 Å². The first-order valence-corrected chi connectivity index (χ1v) is 4.93. The average molecular weight is 216 g/mol. The molecule has 1 amide bonds. The van der Waals surface area contributed by atoms with Crippen molar-refractivity contribution in [1.82, 2.24) is 10.6 Å². The van der Waals surface area contributed by atoms with Crippen molar-refractivity contribution in [3.8, 4) is 0 Å². The van der Waals surface area contributed by atoms with Crippen LogP contribution in [-0.2, 0) is 14.3 Å². The summed E-state index contributed by atoms with van der Waals surface area (Å²) in [6.07, 6.45) is 0.277. The molecule has 0 saturated carbocycles. The highest BCUT2D eigenvalue weighted by atomic mass is 16.5. The molecule has 5 heteroatoms. The Labute approximate surface area is 90.6 Å². The van der Waals surface area contributed by atoms with Crippen molar-refractivity contribution in [2.24, 2.45) is 0 Å². The van der Waals surface area contributed by atoms with Gasteiger partial charge in [0.1, 0.15) is 0 Å². The number of rotatable bonds is 5. The zero-order valence-corrected chi connectivity index (χ0v) is 9.85. The van der Waals surface area contributed by atoms with Gasteiger partial charge in [0.15, 0.2) is 0 Å². The van der Waals surface area contributed by atoms with Crippen LogP contribution in [0.3, 0.4) is 0 Å². The third kappa shape index (κ3) is 9.21. The summed E-state index contributed by atoms with van der Waals surface area (Å²) in [4.78, 5) is 22.0. The SMILES string of the molecule is COC(=O)CCNCC(=O)NC(C)(C)C. The van der Waals surface area contributed by atoms with Gasteiger partial charge in [0.2, 0.25) is 5.91 Å². The summed E-state index contributed by atoms with van der Waals surface area (Å²) in [6.45, 7) is 6.41. The highest BCUT2D eigenvalue weighted by Gasteiger charge is 2.12. The molecule has 15 heavy (non-hydrogen) atoms. The zero-order chi connectivity index (χ0) is 11.9. The number of carbonyl (C=O) groups is 2. The van der Waals surface area contributed by atoms with E-state index in [0.29, 0.717) is 6.54 Å². The lowest BCUT2D eigenvalue weighted by Gasteiger charge is -2.20. The van der Waals surface area contributed by atoms with Crippen LogP contribution >= 0.6 is 0 Å². The summed E-state index contributed by atoms with van der Waals surface area (Å²) in [5.74, 6) is -0.355. The summed E-state index contributed by atoms with van der Waals surface area (Å²) in [5, 5.41) is 5.66. The second kappa shape index (κ2) is 6.40. The van der Waals surface area contributed by atoms with E-state index in [4.69, 9.17) is 0 Å². The molecule has 0 fully saturated rings. The van der Waals surface area contributed by atoms with Crippen LogP contribution in [0.15, 0.2) is 0 Å². The van der Waals surface area contributed by atoms with E-state index in [-0.39, 0.29) is 30.4 Å². The van der Waals surface area contributed by atoms with E-state index in [1.165, 1.54) is 7.11 Å². The molecule has 0 aliphatic heterocycles. The first kappa shape index (κ1) is 13.9. The van der Waals surface area contributed by atoms with Crippen molar-refractivity contribution in [1.29, 1.82) is 0 Å². The fraction of sp³-hybridized carbons (Fsp3) is 0.800. The molecule has 0 spiro atoms. The van der Waals surface area contributed by atoms with Gasteiger partial charge >= 0.3 is 5.97 Å². The highest BCUT2D eigenvalue weighted by molar-refractivity contribution is 5.78. The molecule has 0 unspecified atom stereocenters. The standard InChI is InChI=1S/C10H20N2O3/c1-10(2,3)12-8(13)7-11-6-5-9(14)15-4/h11H,5-7H2,1-4H3,(H,12,13). The summed E-state index contributed by atoms with van der Waals surface area (Å²) >= 11 is 0. The van der Waals surface area contributed by atoms with E-state index in [9.17, 15) is 9.59 Å². The Hall–Kier alpha value is -1.10. The van der Waals surface area contributed by atoms with E-state index >= 15 is 0 Å². The highest BCUT2D eigenvalue weighted by Crippen LogP contribution is 1.97. The lowest BCUT2D eigenvalue weighted by molar-refractivity contribution is -0.140. The number of nitrogens with one attached hydrogen (secondary N) is 2. The molecular weight excluding hydrogens is 196 g/mol. The van der Waals surface area contributed by atoms with Crippen LogP contribution in [0.2, 0.25) is 0 Å². The van der Waals surface area contributed by atoms with E-state index in [1.807, 2.05) is 20.8 Å². The Kier molecular flexibility index (Phi) is 5.93. The van der Waals surface area contributed by atoms with E-state index in [0.717, 1.165) is 0 Å². The van der Waals surface area contributed by atoms with Gasteiger partial charge in [-0.1, -0.05) is 0 Å². The monoisotopic (exact) mass is 216 g/mol. The van der Waals surface area contributed by atoms with Gasteiger partial charge in [0.25, 0.3) is 0 Å². The Morgan fingerprint density at radius 3 is 2.33 bits per heavy atom. The molecule has 0 heterocycles. The molecule has 0 aromatic carbocycles. The van der Waals surface area contributed by atoms with Crippen molar-refractivity contribution < 1.29 is 14.3 Å². The lowest BCUT2D eigenvalue weighted by atomic mass is 10.1. The zero-order valence-electron chi connectivity index (χ0n) is 9.85. The molecule has 0 atom stereocenters.